The molecule has 2 aliphatic rings. The Morgan fingerprint density at radius 2 is 2.16 bits per heavy atom. The first-order valence-electron chi connectivity index (χ1n) is 10.3. The lowest BCUT2D eigenvalue weighted by atomic mass is 9.91. The standard InChI is InChI=1S/C22H23FN6O2S/c1-22(14-32(31)27-8-2-3-9-29(32)21(25)28-22)17-10-15(4-6-18(17)23)11-20(30)19-7-5-16(12-24)13-26-19/h4-7,10,13H,2-3,8-9,11,14H2,1H3,(H2,25,28)/t22-,32+/m0/s1. The van der Waals surface area contributed by atoms with Gasteiger partial charge in [-0.15, -0.1) is 0 Å². The number of nitrogens with zero attached hydrogens (tertiary/aromatic N) is 5. The van der Waals surface area contributed by atoms with Gasteiger partial charge in [0.1, 0.15) is 33.0 Å². The van der Waals surface area contributed by atoms with Crippen LogP contribution in [0.1, 0.15) is 46.9 Å². The van der Waals surface area contributed by atoms with Crippen molar-refractivity contribution in [3.63, 3.8) is 0 Å². The fourth-order valence-corrected chi connectivity index (χ4v) is 6.51. The van der Waals surface area contributed by atoms with Gasteiger partial charge in [-0.1, -0.05) is 6.07 Å². The van der Waals surface area contributed by atoms with E-state index >= 15 is 0 Å². The Morgan fingerprint density at radius 1 is 1.34 bits per heavy atom. The van der Waals surface area contributed by atoms with Crippen molar-refractivity contribution in [2.45, 2.75) is 31.7 Å². The molecule has 166 valence electrons. The first kappa shape index (κ1) is 21.9. The van der Waals surface area contributed by atoms with E-state index in [0.717, 1.165) is 12.8 Å². The Kier molecular flexibility index (Phi) is 5.69. The highest BCUT2D eigenvalue weighted by atomic mass is 32.2. The molecule has 0 fully saturated rings. The van der Waals surface area contributed by atoms with Crippen LogP contribution < -0.4 is 5.73 Å². The van der Waals surface area contributed by atoms with Crippen LogP contribution in [0.15, 0.2) is 45.9 Å². The summed E-state index contributed by atoms with van der Waals surface area (Å²) in [5, 5.41) is 8.87. The lowest BCUT2D eigenvalue weighted by molar-refractivity contribution is 0.0988. The number of nitrogens with two attached hydrogens (primary N) is 1. The van der Waals surface area contributed by atoms with Gasteiger partial charge in [-0.3, -0.25) is 14.1 Å². The largest absolute Gasteiger partial charge is 0.369 e. The molecule has 0 radical (unpaired) electrons. The van der Waals surface area contributed by atoms with Crippen LogP contribution in [0.3, 0.4) is 0 Å². The number of carbonyl (C=O) groups is 1. The van der Waals surface area contributed by atoms with E-state index in [1.165, 1.54) is 30.5 Å². The Hall–Kier alpha value is -3.32. The molecule has 2 N–H and O–H groups in total. The molecule has 0 bridgehead atoms. The van der Waals surface area contributed by atoms with Gasteiger partial charge in [-0.2, -0.15) is 5.26 Å². The number of hydrogen-bond acceptors (Lipinski definition) is 7. The van der Waals surface area contributed by atoms with E-state index in [2.05, 4.69) is 14.3 Å². The molecule has 2 atom stereocenters. The quantitative estimate of drug-likeness (QED) is 0.711. The molecule has 3 heterocycles. The van der Waals surface area contributed by atoms with E-state index in [9.17, 15) is 13.4 Å². The zero-order chi connectivity index (χ0) is 22.9. The monoisotopic (exact) mass is 454 g/mol. The predicted octanol–water partition coefficient (Wildman–Crippen LogP) is 2.54. The fourth-order valence-electron chi connectivity index (χ4n) is 4.01. The summed E-state index contributed by atoms with van der Waals surface area (Å²) in [6.45, 7) is 2.66. The number of halogens is 1. The first-order valence-corrected chi connectivity index (χ1v) is 11.9. The van der Waals surface area contributed by atoms with Crippen molar-refractivity contribution in [1.29, 1.82) is 5.26 Å². The van der Waals surface area contributed by atoms with Gasteiger partial charge in [0.15, 0.2) is 5.78 Å². The number of hydrogen-bond donors (Lipinski definition) is 1. The number of aliphatic imine (C=N–C) groups is 1. The molecule has 0 spiro atoms. The highest BCUT2D eigenvalue weighted by Gasteiger charge is 2.42. The topological polar surface area (TPSA) is 125 Å². The lowest BCUT2D eigenvalue weighted by Gasteiger charge is -2.38. The number of pyridine rings is 1. The second-order valence-corrected chi connectivity index (χ2v) is 10.3. The number of fused-ring (bicyclic) bond motifs is 1. The van der Waals surface area contributed by atoms with Crippen LogP contribution in [0.4, 0.5) is 4.39 Å². The second kappa shape index (κ2) is 8.31. The van der Waals surface area contributed by atoms with Crippen LogP contribution in [0.2, 0.25) is 0 Å². The molecule has 32 heavy (non-hydrogen) atoms. The van der Waals surface area contributed by atoms with Crippen LogP contribution in [0.5, 0.6) is 0 Å². The van der Waals surface area contributed by atoms with Crippen LogP contribution in [0, 0.1) is 17.1 Å². The molecule has 0 saturated heterocycles. The van der Waals surface area contributed by atoms with E-state index in [4.69, 9.17) is 11.0 Å². The molecular weight excluding hydrogens is 431 g/mol. The molecule has 1 aromatic heterocycles. The average Bonchev–Trinajstić information content (AvgIpc) is 2.96. The van der Waals surface area contributed by atoms with E-state index in [1.807, 2.05) is 6.07 Å². The van der Waals surface area contributed by atoms with Gasteiger partial charge in [0.25, 0.3) is 0 Å². The smallest absolute Gasteiger partial charge is 0.204 e. The van der Waals surface area contributed by atoms with Gasteiger partial charge in [-0.25, -0.2) is 18.0 Å². The first-order chi connectivity index (χ1) is 15.2. The number of ketones is 1. The highest BCUT2D eigenvalue weighted by molar-refractivity contribution is 7.92. The van der Waals surface area contributed by atoms with Crippen LogP contribution in [-0.4, -0.2) is 44.1 Å². The third-order valence-electron chi connectivity index (χ3n) is 5.65. The summed E-state index contributed by atoms with van der Waals surface area (Å²) in [6, 6.07) is 9.35. The van der Waals surface area contributed by atoms with Crippen molar-refractivity contribution in [3.8, 4) is 6.07 Å². The minimum absolute atomic E-state index is 0.00662. The summed E-state index contributed by atoms with van der Waals surface area (Å²) >= 11 is 0. The second-order valence-electron chi connectivity index (χ2n) is 8.11. The molecule has 4 rings (SSSR count). The zero-order valence-corrected chi connectivity index (χ0v) is 18.4. The van der Waals surface area contributed by atoms with Gasteiger partial charge >= 0.3 is 0 Å². The number of benzene rings is 1. The number of Topliss-reactive ketones (excluding diaryl/α,β-unsaturated/α-hetero) is 1. The Labute approximate surface area is 186 Å². The zero-order valence-electron chi connectivity index (χ0n) is 17.6. The number of guanidine groups is 1. The van der Waals surface area contributed by atoms with Crippen molar-refractivity contribution in [1.82, 2.24) is 9.29 Å². The molecule has 1 aromatic carbocycles. The van der Waals surface area contributed by atoms with Gasteiger partial charge < -0.3 is 5.73 Å². The van der Waals surface area contributed by atoms with E-state index in [-0.39, 0.29) is 35.2 Å². The summed E-state index contributed by atoms with van der Waals surface area (Å²) in [5.74, 6) is -0.662. The van der Waals surface area contributed by atoms with E-state index in [0.29, 0.717) is 24.2 Å². The van der Waals surface area contributed by atoms with Crippen molar-refractivity contribution in [3.05, 3.63) is 64.7 Å². The average molecular weight is 455 g/mol. The summed E-state index contributed by atoms with van der Waals surface area (Å²) in [4.78, 5) is 21.2. The summed E-state index contributed by atoms with van der Waals surface area (Å²) < 4.78 is 34.5. The molecule has 2 aliphatic heterocycles. The third kappa shape index (κ3) is 4.08. The van der Waals surface area contributed by atoms with Crippen molar-refractivity contribution >= 4 is 21.7 Å². The minimum Gasteiger partial charge on any atom is -0.369 e. The summed E-state index contributed by atoms with van der Waals surface area (Å²) in [5.41, 5.74) is 6.35. The maximum absolute atomic E-state index is 14.9. The normalized spacial score (nSPS) is 25.0. The number of rotatable bonds is 4. The number of nitriles is 1. The Morgan fingerprint density at radius 3 is 2.88 bits per heavy atom. The third-order valence-corrected chi connectivity index (χ3v) is 8.23. The van der Waals surface area contributed by atoms with Gasteiger partial charge in [-0.05, 0) is 49.6 Å². The minimum atomic E-state index is -2.84. The van der Waals surface area contributed by atoms with Gasteiger partial charge in [0, 0.05) is 24.7 Å². The summed E-state index contributed by atoms with van der Waals surface area (Å²) in [6.07, 6.45) is 2.95. The Balaban J connectivity index is 1.67. The predicted molar refractivity (Wildman–Crippen MR) is 119 cm³/mol. The molecule has 10 heteroatoms. The molecular formula is C22H23FN6O2S. The molecule has 0 aliphatic carbocycles. The highest BCUT2D eigenvalue weighted by Crippen LogP contribution is 2.36. The van der Waals surface area contributed by atoms with Crippen LogP contribution in [0.25, 0.3) is 0 Å². The maximum atomic E-state index is 14.9. The van der Waals surface area contributed by atoms with Crippen LogP contribution >= 0.6 is 0 Å². The van der Waals surface area contributed by atoms with Crippen molar-refractivity contribution in [2.24, 2.45) is 15.1 Å². The summed E-state index contributed by atoms with van der Waals surface area (Å²) in [7, 11) is -2.84. The molecule has 8 nitrogen and oxygen atoms in total. The van der Waals surface area contributed by atoms with Crippen molar-refractivity contribution < 1.29 is 13.4 Å². The number of carbonyl (C=O) groups excluding carboxylic acids is 1. The van der Waals surface area contributed by atoms with Gasteiger partial charge in [0.05, 0.1) is 17.9 Å². The SMILES string of the molecule is C[C@@]1(c2cc(CC(=O)c3ccc(C#N)cn3)ccc2F)C[S@@]2(=O)=NCCCCN2C(N)=N1. The molecule has 0 saturated carbocycles. The van der Waals surface area contributed by atoms with Crippen molar-refractivity contribution in [2.75, 3.05) is 18.8 Å². The van der Waals surface area contributed by atoms with E-state index < -0.39 is 21.3 Å². The maximum Gasteiger partial charge on any atom is 0.204 e. The van der Waals surface area contributed by atoms with E-state index in [1.54, 1.807) is 17.3 Å². The molecule has 0 amide bonds. The van der Waals surface area contributed by atoms with Gasteiger partial charge in [0.2, 0.25) is 5.96 Å². The Bertz CT molecular complexity index is 1260. The fraction of sp³-hybridized carbons (Fsp3) is 0.364. The lowest BCUT2D eigenvalue weighted by Crippen LogP contribution is -2.52. The molecule has 2 aromatic rings. The van der Waals surface area contributed by atoms with Crippen LogP contribution in [-0.2, 0) is 21.9 Å². The number of aromatic nitrogens is 1. The molecule has 0 unspecified atom stereocenters.